The Morgan fingerprint density at radius 1 is 1.00 bits per heavy atom. The average molecular weight is 522 g/mol. The van der Waals surface area contributed by atoms with Crippen molar-refractivity contribution in [2.45, 2.75) is 90.4 Å². The third-order valence-electron chi connectivity index (χ3n) is 6.97. The lowest BCUT2D eigenvalue weighted by Crippen LogP contribution is -2.47. The lowest BCUT2D eigenvalue weighted by atomic mass is 9.80. The second-order valence-corrected chi connectivity index (χ2v) is 12.8. The zero-order valence-corrected chi connectivity index (χ0v) is 23.5. The van der Waals surface area contributed by atoms with Gasteiger partial charge in [-0.15, -0.1) is 0 Å². The van der Waals surface area contributed by atoms with Gasteiger partial charge in [0.1, 0.15) is 16.8 Å². The van der Waals surface area contributed by atoms with Crippen molar-refractivity contribution in [3.63, 3.8) is 0 Å². The Morgan fingerprint density at radius 3 is 2.21 bits per heavy atom. The number of imide groups is 1. The molecule has 0 N–H and O–H groups in total. The van der Waals surface area contributed by atoms with Crippen molar-refractivity contribution < 1.29 is 19.1 Å². The predicted octanol–water partition coefficient (Wildman–Crippen LogP) is 6.44. The summed E-state index contributed by atoms with van der Waals surface area (Å²) < 4.78 is 15.1. The summed E-state index contributed by atoms with van der Waals surface area (Å²) in [5.41, 5.74) is 2.72. The Kier molecular flexibility index (Phi) is 6.52. The number of nitrogens with zero attached hydrogens (tertiary/aromatic N) is 5. The summed E-state index contributed by atoms with van der Waals surface area (Å²) in [6, 6.07) is 6.49. The molecule has 3 heterocycles. The molecule has 204 valence electrons. The fraction of sp³-hybridized carbons (Fsp3) is 0.586. The van der Waals surface area contributed by atoms with Gasteiger partial charge < -0.3 is 14.0 Å². The molecule has 0 saturated heterocycles. The van der Waals surface area contributed by atoms with E-state index in [-0.39, 0.29) is 18.5 Å². The van der Waals surface area contributed by atoms with Crippen LogP contribution in [0.15, 0.2) is 30.6 Å². The van der Waals surface area contributed by atoms with Crippen LogP contribution >= 0.6 is 0 Å². The van der Waals surface area contributed by atoms with Crippen molar-refractivity contribution in [2.75, 3.05) is 6.54 Å². The molecule has 3 aromatic rings. The highest BCUT2D eigenvalue weighted by Gasteiger charge is 2.39. The minimum atomic E-state index is -0.708. The number of hydrogen-bond acceptors (Lipinski definition) is 6. The molecule has 2 amide bonds. The Balaban J connectivity index is 1.31. The number of fused-ring (bicyclic) bond motifs is 1. The van der Waals surface area contributed by atoms with E-state index in [4.69, 9.17) is 19.6 Å². The molecule has 5 rings (SSSR count). The Hall–Kier alpha value is -3.36. The van der Waals surface area contributed by atoms with Gasteiger partial charge in [-0.25, -0.2) is 19.5 Å². The maximum absolute atomic E-state index is 12.9. The second-order valence-electron chi connectivity index (χ2n) is 12.8. The van der Waals surface area contributed by atoms with Crippen molar-refractivity contribution in [1.82, 2.24) is 24.2 Å². The van der Waals surface area contributed by atoms with Gasteiger partial charge in [-0.1, -0.05) is 0 Å². The smallest absolute Gasteiger partial charge is 0.419 e. The first-order valence-corrected chi connectivity index (χ1v) is 13.5. The first-order valence-electron chi connectivity index (χ1n) is 13.5. The minimum Gasteiger partial charge on any atom is -0.443 e. The molecule has 9 nitrogen and oxygen atoms in total. The quantitative estimate of drug-likeness (QED) is 0.384. The number of aryl methyl sites for hydroxylation is 1. The largest absolute Gasteiger partial charge is 0.443 e. The van der Waals surface area contributed by atoms with Crippen LogP contribution in [-0.4, -0.2) is 54.2 Å². The van der Waals surface area contributed by atoms with Crippen LogP contribution in [0, 0.1) is 5.92 Å². The van der Waals surface area contributed by atoms with E-state index in [1.807, 2.05) is 17.8 Å². The van der Waals surface area contributed by atoms with E-state index in [9.17, 15) is 9.59 Å². The van der Waals surface area contributed by atoms with Gasteiger partial charge >= 0.3 is 12.2 Å². The zero-order chi connectivity index (χ0) is 27.4. The minimum absolute atomic E-state index is 0.148. The van der Waals surface area contributed by atoms with Crippen LogP contribution < -0.4 is 0 Å². The van der Waals surface area contributed by atoms with Crippen LogP contribution in [0.25, 0.3) is 22.3 Å². The van der Waals surface area contributed by atoms with E-state index < -0.39 is 23.4 Å². The normalized spacial score (nSPS) is 19.8. The number of carbonyl (C=O) groups excluding carboxylic acids is 2. The van der Waals surface area contributed by atoms with Crippen LogP contribution in [0.4, 0.5) is 9.59 Å². The molecule has 2 aliphatic carbocycles. The summed E-state index contributed by atoms with van der Waals surface area (Å²) in [4.78, 5) is 31.8. The second kappa shape index (κ2) is 9.43. The maximum atomic E-state index is 12.9. The monoisotopic (exact) mass is 521 g/mol. The Bertz CT molecular complexity index is 1320. The average Bonchev–Trinajstić information content (AvgIpc) is 3.42. The molecule has 0 radical (unpaired) electrons. The van der Waals surface area contributed by atoms with Crippen LogP contribution in [0.2, 0.25) is 0 Å². The summed E-state index contributed by atoms with van der Waals surface area (Å²) in [5.74, 6) is 0.637. The first kappa shape index (κ1) is 26.3. The molecule has 0 atom stereocenters. The van der Waals surface area contributed by atoms with E-state index in [0.717, 1.165) is 58.6 Å². The number of aromatic nitrogens is 4. The first-order chi connectivity index (χ1) is 17.8. The number of amides is 2. The standard InChI is InChI=1S/C29H39N5O4/c1-28(2,3)37-26(35)33(27(36)38-29(4,5)6)16-18-14-21(15-18)34-17-22(24(31-34)19-8-9-19)23-11-10-20-12-13-32(7)25(20)30-23/h10-13,17-19,21H,8-9,14-16H2,1-7H3. The zero-order valence-electron chi connectivity index (χ0n) is 23.5. The van der Waals surface area contributed by atoms with Crippen molar-refractivity contribution in [1.29, 1.82) is 0 Å². The van der Waals surface area contributed by atoms with Gasteiger partial charge in [-0.2, -0.15) is 5.10 Å². The molecule has 2 aliphatic rings. The third-order valence-corrected chi connectivity index (χ3v) is 6.97. The lowest BCUT2D eigenvalue weighted by Gasteiger charge is -2.38. The molecule has 9 heteroatoms. The van der Waals surface area contributed by atoms with Crippen molar-refractivity contribution >= 4 is 23.2 Å². The van der Waals surface area contributed by atoms with Gasteiger partial charge in [0.25, 0.3) is 0 Å². The molecule has 0 aromatic carbocycles. The lowest BCUT2D eigenvalue weighted by molar-refractivity contribution is -0.00641. The number of rotatable bonds is 5. The molecular weight excluding hydrogens is 482 g/mol. The summed E-state index contributed by atoms with van der Waals surface area (Å²) in [6.45, 7) is 11.0. The third kappa shape index (κ3) is 5.71. The Labute approximate surface area is 224 Å². The van der Waals surface area contributed by atoms with Gasteiger partial charge in [0.2, 0.25) is 0 Å². The highest BCUT2D eigenvalue weighted by Crippen LogP contribution is 2.46. The van der Waals surface area contributed by atoms with E-state index in [2.05, 4.69) is 29.1 Å². The molecular formula is C29H39N5O4. The van der Waals surface area contributed by atoms with E-state index in [1.165, 1.54) is 0 Å². The van der Waals surface area contributed by atoms with E-state index >= 15 is 0 Å². The van der Waals surface area contributed by atoms with E-state index in [0.29, 0.717) is 5.92 Å². The van der Waals surface area contributed by atoms with Crippen molar-refractivity contribution in [3.05, 3.63) is 36.3 Å². The number of ether oxygens (including phenoxy) is 2. The molecule has 0 aliphatic heterocycles. The molecule has 0 spiro atoms. The Morgan fingerprint density at radius 2 is 1.63 bits per heavy atom. The van der Waals surface area contributed by atoms with Crippen LogP contribution in [0.1, 0.15) is 84.9 Å². The fourth-order valence-corrected chi connectivity index (χ4v) is 4.91. The molecule has 2 saturated carbocycles. The van der Waals surface area contributed by atoms with Gasteiger partial charge in [0.15, 0.2) is 0 Å². The summed E-state index contributed by atoms with van der Waals surface area (Å²) in [6.07, 6.45) is 6.76. The predicted molar refractivity (Wildman–Crippen MR) is 145 cm³/mol. The summed E-state index contributed by atoms with van der Waals surface area (Å²) >= 11 is 0. The number of pyridine rings is 1. The maximum Gasteiger partial charge on any atom is 0.419 e. The SMILES string of the molecule is Cn1ccc2ccc(-c3cn(C4CC(CN(C(=O)OC(C)(C)C)C(=O)OC(C)(C)C)C4)nc3C3CC3)nc21. The van der Waals surface area contributed by atoms with Crippen LogP contribution in [0.3, 0.4) is 0 Å². The van der Waals surface area contributed by atoms with Crippen LogP contribution in [-0.2, 0) is 16.5 Å². The van der Waals surface area contributed by atoms with E-state index in [1.54, 1.807) is 41.5 Å². The fourth-order valence-electron chi connectivity index (χ4n) is 4.91. The number of hydrogen-bond donors (Lipinski definition) is 0. The molecule has 0 unspecified atom stereocenters. The van der Waals surface area contributed by atoms with Crippen molar-refractivity contribution in [2.24, 2.45) is 13.0 Å². The highest BCUT2D eigenvalue weighted by molar-refractivity contribution is 5.88. The van der Waals surface area contributed by atoms with Crippen LogP contribution in [0.5, 0.6) is 0 Å². The highest BCUT2D eigenvalue weighted by atomic mass is 16.6. The van der Waals surface area contributed by atoms with Gasteiger partial charge in [0.05, 0.1) is 17.4 Å². The van der Waals surface area contributed by atoms with Crippen molar-refractivity contribution in [3.8, 4) is 11.3 Å². The molecule has 0 bridgehead atoms. The van der Waals surface area contributed by atoms with Gasteiger partial charge in [-0.05, 0) is 91.3 Å². The number of carbonyl (C=O) groups is 2. The molecule has 2 fully saturated rings. The van der Waals surface area contributed by atoms with Gasteiger partial charge in [-0.3, -0.25) is 4.68 Å². The molecule has 38 heavy (non-hydrogen) atoms. The summed E-state index contributed by atoms with van der Waals surface area (Å²) in [7, 11) is 2.01. The van der Waals surface area contributed by atoms with Gasteiger partial charge in [0, 0.05) is 42.9 Å². The topological polar surface area (TPSA) is 91.5 Å². The molecule has 3 aromatic heterocycles. The summed E-state index contributed by atoms with van der Waals surface area (Å²) in [5, 5.41) is 6.14.